The Labute approximate surface area is 171 Å². The molecule has 0 bridgehead atoms. The molecule has 148 valence electrons. The van der Waals surface area contributed by atoms with E-state index in [0.29, 0.717) is 16.4 Å². The van der Waals surface area contributed by atoms with Crippen molar-refractivity contribution in [1.82, 2.24) is 4.98 Å². The molecule has 0 aliphatic heterocycles. The van der Waals surface area contributed by atoms with Gasteiger partial charge >= 0.3 is 0 Å². The fraction of sp³-hybridized carbons (Fsp3) is 0.182. The first-order valence-electron chi connectivity index (χ1n) is 9.16. The lowest BCUT2D eigenvalue weighted by molar-refractivity contribution is -0.118. The Bertz CT molecular complexity index is 1060. The number of nitrogens with zero attached hydrogens (tertiary/aromatic N) is 1. The summed E-state index contributed by atoms with van der Waals surface area (Å²) >= 11 is -2.01. The average Bonchev–Trinajstić information content (AvgIpc) is 3.56. The molecular formula is C22H20N2O4S. The highest BCUT2D eigenvalue weighted by Gasteiger charge is 2.51. The predicted octanol–water partition coefficient (Wildman–Crippen LogP) is 4.01. The Morgan fingerprint density at radius 1 is 1.07 bits per heavy atom. The van der Waals surface area contributed by atoms with Gasteiger partial charge in [0.2, 0.25) is 5.91 Å². The minimum Gasteiger partial charge on any atom is -0.497 e. The van der Waals surface area contributed by atoms with Gasteiger partial charge in [-0.15, -0.1) is 0 Å². The quantitative estimate of drug-likeness (QED) is 0.602. The minimum atomic E-state index is -2.01. The van der Waals surface area contributed by atoms with E-state index < -0.39 is 16.5 Å². The molecule has 1 unspecified atom stereocenters. The molecule has 1 aliphatic rings. The first-order chi connectivity index (χ1) is 14.0. The van der Waals surface area contributed by atoms with Crippen LogP contribution in [0.25, 0.3) is 11.3 Å². The molecule has 1 saturated carbocycles. The standard InChI is InChI=1S/C22H20N2O4S/c1-28-17-9-7-16(8-10-17)22(13-14-22)21(25)24-20-4-2-3-19(23-20)15-5-11-18(12-6-15)29(26)27/h2-12H,13-14H2,1H3,(H,26,27)(H,23,24,25). The van der Waals surface area contributed by atoms with Crippen molar-refractivity contribution in [3.8, 4) is 17.0 Å². The summed E-state index contributed by atoms with van der Waals surface area (Å²) in [5.41, 5.74) is 1.93. The number of rotatable bonds is 6. The van der Waals surface area contributed by atoms with Crippen LogP contribution in [0.1, 0.15) is 18.4 Å². The number of pyridine rings is 1. The number of anilines is 1. The summed E-state index contributed by atoms with van der Waals surface area (Å²) in [5, 5.41) is 2.94. The molecule has 6 nitrogen and oxygen atoms in total. The van der Waals surface area contributed by atoms with E-state index in [9.17, 15) is 9.00 Å². The van der Waals surface area contributed by atoms with Gasteiger partial charge in [0.15, 0.2) is 11.1 Å². The van der Waals surface area contributed by atoms with Crippen molar-refractivity contribution in [2.24, 2.45) is 0 Å². The normalized spacial score (nSPS) is 15.4. The van der Waals surface area contributed by atoms with Crippen LogP contribution in [-0.2, 0) is 21.3 Å². The van der Waals surface area contributed by atoms with E-state index in [4.69, 9.17) is 9.29 Å². The average molecular weight is 408 g/mol. The van der Waals surface area contributed by atoms with E-state index in [2.05, 4.69) is 10.3 Å². The predicted molar refractivity (Wildman–Crippen MR) is 111 cm³/mol. The van der Waals surface area contributed by atoms with Crippen LogP contribution in [0.5, 0.6) is 5.75 Å². The van der Waals surface area contributed by atoms with Crippen molar-refractivity contribution >= 4 is 22.8 Å². The summed E-state index contributed by atoms with van der Waals surface area (Å²) in [5.74, 6) is 1.16. The third-order valence-corrected chi connectivity index (χ3v) is 5.85. The van der Waals surface area contributed by atoms with Gasteiger partial charge in [-0.1, -0.05) is 30.3 Å². The number of amides is 1. The van der Waals surface area contributed by atoms with Gasteiger partial charge in [-0.2, -0.15) is 0 Å². The summed E-state index contributed by atoms with van der Waals surface area (Å²) in [4.78, 5) is 17.8. The maximum atomic E-state index is 13.0. The van der Waals surface area contributed by atoms with E-state index in [1.54, 1.807) is 37.4 Å². The summed E-state index contributed by atoms with van der Waals surface area (Å²) in [6.45, 7) is 0. The number of carbonyl (C=O) groups excluding carboxylic acids is 1. The molecule has 1 amide bonds. The second-order valence-electron chi connectivity index (χ2n) is 6.95. The van der Waals surface area contributed by atoms with E-state index in [1.165, 1.54) is 0 Å². The van der Waals surface area contributed by atoms with Gasteiger partial charge in [-0.25, -0.2) is 9.19 Å². The highest BCUT2D eigenvalue weighted by Crippen LogP contribution is 2.49. The zero-order valence-electron chi connectivity index (χ0n) is 15.8. The lowest BCUT2D eigenvalue weighted by atomic mass is 9.95. The van der Waals surface area contributed by atoms with Gasteiger partial charge in [0.1, 0.15) is 11.6 Å². The van der Waals surface area contributed by atoms with Crippen LogP contribution in [0.3, 0.4) is 0 Å². The van der Waals surface area contributed by atoms with Crippen LogP contribution >= 0.6 is 0 Å². The van der Waals surface area contributed by atoms with Gasteiger partial charge in [-0.05, 0) is 54.8 Å². The topological polar surface area (TPSA) is 88.5 Å². The highest BCUT2D eigenvalue weighted by molar-refractivity contribution is 7.79. The third kappa shape index (κ3) is 3.92. The van der Waals surface area contributed by atoms with Crippen molar-refractivity contribution in [2.75, 3.05) is 12.4 Å². The summed E-state index contributed by atoms with van der Waals surface area (Å²) < 4.78 is 25.4. The SMILES string of the molecule is COc1ccc(C2(C(=O)Nc3cccc(-c4ccc(S(=O)O)cc4)n3)CC2)cc1. The lowest BCUT2D eigenvalue weighted by Crippen LogP contribution is -2.28. The fourth-order valence-electron chi connectivity index (χ4n) is 3.33. The Kier molecular flexibility index (Phi) is 5.17. The Hall–Kier alpha value is -3.03. The summed E-state index contributed by atoms with van der Waals surface area (Å²) in [6, 6.07) is 19.6. The number of nitrogens with one attached hydrogen (secondary N) is 1. The minimum absolute atomic E-state index is 0.0710. The number of methoxy groups -OCH3 is 1. The molecular weight excluding hydrogens is 388 g/mol. The number of aromatic nitrogens is 1. The zero-order chi connectivity index (χ0) is 20.4. The molecule has 29 heavy (non-hydrogen) atoms. The van der Waals surface area contributed by atoms with E-state index in [1.807, 2.05) is 36.4 Å². The smallest absolute Gasteiger partial charge is 0.236 e. The van der Waals surface area contributed by atoms with Gasteiger partial charge in [0.05, 0.1) is 23.1 Å². The molecule has 3 aromatic rings. The van der Waals surface area contributed by atoms with Crippen LogP contribution in [0.4, 0.5) is 5.82 Å². The summed E-state index contributed by atoms with van der Waals surface area (Å²) in [6.07, 6.45) is 1.59. The number of hydrogen-bond acceptors (Lipinski definition) is 4. The fourth-order valence-corrected chi connectivity index (χ4v) is 3.69. The first kappa shape index (κ1) is 19.3. The van der Waals surface area contributed by atoms with Crippen molar-refractivity contribution in [3.05, 3.63) is 72.3 Å². The van der Waals surface area contributed by atoms with E-state index in [-0.39, 0.29) is 5.91 Å². The molecule has 0 spiro atoms. The molecule has 2 aromatic carbocycles. The Morgan fingerprint density at radius 2 is 1.76 bits per heavy atom. The molecule has 0 saturated heterocycles. The number of hydrogen-bond donors (Lipinski definition) is 2. The lowest BCUT2D eigenvalue weighted by Gasteiger charge is -2.16. The molecule has 1 aliphatic carbocycles. The van der Waals surface area contributed by atoms with Crippen molar-refractivity contribution in [1.29, 1.82) is 0 Å². The molecule has 1 heterocycles. The van der Waals surface area contributed by atoms with Gasteiger partial charge < -0.3 is 14.6 Å². The van der Waals surface area contributed by atoms with Crippen LogP contribution in [0.15, 0.2) is 71.6 Å². The molecule has 7 heteroatoms. The van der Waals surface area contributed by atoms with Crippen molar-refractivity contribution in [3.63, 3.8) is 0 Å². The van der Waals surface area contributed by atoms with E-state index >= 15 is 0 Å². The molecule has 0 radical (unpaired) electrons. The maximum absolute atomic E-state index is 13.0. The van der Waals surface area contributed by atoms with E-state index in [0.717, 1.165) is 29.7 Å². The molecule has 1 aromatic heterocycles. The number of benzene rings is 2. The molecule has 2 N–H and O–H groups in total. The van der Waals surface area contributed by atoms with Crippen molar-refractivity contribution < 1.29 is 18.3 Å². The highest BCUT2D eigenvalue weighted by atomic mass is 32.2. The first-order valence-corrected chi connectivity index (χ1v) is 10.3. The third-order valence-electron chi connectivity index (χ3n) is 5.17. The zero-order valence-corrected chi connectivity index (χ0v) is 16.6. The molecule has 1 atom stereocenters. The van der Waals surface area contributed by atoms with Crippen LogP contribution < -0.4 is 10.1 Å². The largest absolute Gasteiger partial charge is 0.497 e. The van der Waals surface area contributed by atoms with Gasteiger partial charge in [0, 0.05) is 5.56 Å². The van der Waals surface area contributed by atoms with Crippen molar-refractivity contribution in [2.45, 2.75) is 23.2 Å². The van der Waals surface area contributed by atoms with Gasteiger partial charge in [-0.3, -0.25) is 4.79 Å². The Morgan fingerprint density at radius 3 is 2.34 bits per heavy atom. The van der Waals surface area contributed by atoms with Crippen LogP contribution in [0, 0.1) is 0 Å². The monoisotopic (exact) mass is 408 g/mol. The number of carbonyl (C=O) groups is 1. The van der Waals surface area contributed by atoms with Crippen LogP contribution in [0.2, 0.25) is 0 Å². The number of ether oxygens (including phenoxy) is 1. The second kappa shape index (κ2) is 7.77. The summed E-state index contributed by atoms with van der Waals surface area (Å²) in [7, 11) is 1.62. The maximum Gasteiger partial charge on any atom is 0.236 e. The molecule has 4 rings (SSSR count). The Balaban J connectivity index is 1.53. The molecule has 1 fully saturated rings. The second-order valence-corrected chi connectivity index (χ2v) is 7.92. The van der Waals surface area contributed by atoms with Crippen LogP contribution in [-0.4, -0.2) is 26.8 Å². The van der Waals surface area contributed by atoms with Gasteiger partial charge in [0.25, 0.3) is 0 Å².